The number of carbonyl (C=O) groups is 1. The number of hydrogen-bond acceptors (Lipinski definition) is 4. The third-order valence-corrected chi connectivity index (χ3v) is 1.39. The molecule has 0 aromatic carbocycles. The summed E-state index contributed by atoms with van der Waals surface area (Å²) >= 11 is 0.679. The summed E-state index contributed by atoms with van der Waals surface area (Å²) < 4.78 is 27.9. The second-order valence-electron chi connectivity index (χ2n) is 1.63. The first-order chi connectivity index (χ1) is 5.05. The molecule has 1 heterocycles. The fourth-order valence-electron chi connectivity index (χ4n) is 0.405. The zero-order chi connectivity index (χ0) is 8.48. The minimum absolute atomic E-state index is 0.679. The lowest BCUT2D eigenvalue weighted by atomic mass is 10.3. The third-order valence-electron chi connectivity index (χ3n) is 0.911. The van der Waals surface area contributed by atoms with Crippen molar-refractivity contribution in [1.29, 1.82) is 0 Å². The first-order valence-electron chi connectivity index (χ1n) is 2.43. The highest BCUT2D eigenvalue weighted by atomic mass is 32.1. The molecular weight excluding hydrogens is 178 g/mol. The quantitative estimate of drug-likeness (QED) is 0.728. The Morgan fingerprint density at radius 3 is 2.73 bits per heavy atom. The highest BCUT2D eigenvalue weighted by Crippen LogP contribution is 2.24. The highest BCUT2D eigenvalue weighted by molar-refractivity contribution is 7.03. The summed E-state index contributed by atoms with van der Waals surface area (Å²) in [6.45, 7) is 0. The SMILES string of the molecule is O=C(O)C(F)(F)c1ncsn1. The third kappa shape index (κ3) is 1.32. The van der Waals surface area contributed by atoms with E-state index in [0.29, 0.717) is 11.5 Å². The molecule has 11 heavy (non-hydrogen) atoms. The fourth-order valence-corrected chi connectivity index (χ4v) is 0.860. The monoisotopic (exact) mass is 180 g/mol. The fraction of sp³-hybridized carbons (Fsp3) is 0.250. The van der Waals surface area contributed by atoms with E-state index in [1.807, 2.05) is 0 Å². The van der Waals surface area contributed by atoms with Crippen molar-refractivity contribution in [3.05, 3.63) is 11.3 Å². The van der Waals surface area contributed by atoms with Gasteiger partial charge < -0.3 is 5.11 Å². The maximum absolute atomic E-state index is 12.4. The number of halogens is 2. The van der Waals surface area contributed by atoms with E-state index in [1.54, 1.807) is 0 Å². The molecule has 1 aromatic heterocycles. The summed E-state index contributed by atoms with van der Waals surface area (Å²) in [5.74, 6) is -7.18. The highest BCUT2D eigenvalue weighted by Gasteiger charge is 2.44. The van der Waals surface area contributed by atoms with Crippen molar-refractivity contribution in [2.75, 3.05) is 0 Å². The Hall–Kier alpha value is -1.11. The Morgan fingerprint density at radius 1 is 1.73 bits per heavy atom. The first-order valence-corrected chi connectivity index (χ1v) is 3.27. The van der Waals surface area contributed by atoms with Gasteiger partial charge in [-0.15, -0.1) is 0 Å². The second-order valence-corrected chi connectivity index (χ2v) is 2.24. The van der Waals surface area contributed by atoms with Crippen molar-refractivity contribution >= 4 is 17.5 Å². The number of carboxylic acids is 1. The molecule has 0 bridgehead atoms. The molecule has 0 amide bonds. The van der Waals surface area contributed by atoms with E-state index in [2.05, 4.69) is 9.36 Å². The van der Waals surface area contributed by atoms with Gasteiger partial charge in [0.25, 0.3) is 0 Å². The average Bonchev–Trinajstić information content (AvgIpc) is 2.37. The topological polar surface area (TPSA) is 63.1 Å². The normalized spacial score (nSPS) is 11.5. The molecule has 0 saturated carbocycles. The standard InChI is InChI=1S/C4H2F2N2O2S/c5-4(6,3(9)10)2-7-1-11-8-2/h1H,(H,9,10). The van der Waals surface area contributed by atoms with Gasteiger partial charge in [-0.3, -0.25) is 0 Å². The summed E-state index contributed by atoms with van der Waals surface area (Å²) in [5.41, 5.74) is 1.05. The Labute approximate surface area is 63.7 Å². The summed E-state index contributed by atoms with van der Waals surface area (Å²) in [5, 5.41) is 7.99. The van der Waals surface area contributed by atoms with Crippen LogP contribution in [0.1, 0.15) is 5.82 Å². The van der Waals surface area contributed by atoms with Gasteiger partial charge in [0.1, 0.15) is 5.51 Å². The minimum Gasteiger partial charge on any atom is -0.476 e. The van der Waals surface area contributed by atoms with Gasteiger partial charge in [-0.25, -0.2) is 9.78 Å². The van der Waals surface area contributed by atoms with E-state index in [1.165, 1.54) is 0 Å². The first kappa shape index (κ1) is 7.99. The van der Waals surface area contributed by atoms with Crippen LogP contribution in [-0.2, 0) is 10.7 Å². The van der Waals surface area contributed by atoms with E-state index in [9.17, 15) is 13.6 Å². The second kappa shape index (κ2) is 2.50. The van der Waals surface area contributed by atoms with Crippen molar-refractivity contribution < 1.29 is 18.7 Å². The Bertz CT molecular complexity index is 261. The van der Waals surface area contributed by atoms with Crippen LogP contribution in [0, 0.1) is 0 Å². The number of alkyl halides is 2. The molecule has 0 aliphatic carbocycles. The summed E-state index contributed by atoms with van der Waals surface area (Å²) in [4.78, 5) is 13.0. The van der Waals surface area contributed by atoms with Crippen LogP contribution in [0.15, 0.2) is 5.51 Å². The van der Waals surface area contributed by atoms with Crippen LogP contribution in [0.5, 0.6) is 0 Å². The van der Waals surface area contributed by atoms with E-state index < -0.39 is 17.7 Å². The number of aromatic nitrogens is 2. The molecule has 7 heteroatoms. The maximum atomic E-state index is 12.4. The number of nitrogens with zero attached hydrogens (tertiary/aromatic N) is 2. The van der Waals surface area contributed by atoms with E-state index in [0.717, 1.165) is 5.51 Å². The van der Waals surface area contributed by atoms with E-state index >= 15 is 0 Å². The predicted molar refractivity (Wildman–Crippen MR) is 31.4 cm³/mol. The van der Waals surface area contributed by atoms with Crippen LogP contribution < -0.4 is 0 Å². The largest absolute Gasteiger partial charge is 0.476 e. The van der Waals surface area contributed by atoms with Gasteiger partial charge in [0, 0.05) is 0 Å². The van der Waals surface area contributed by atoms with Crippen molar-refractivity contribution in [3.8, 4) is 0 Å². The zero-order valence-corrected chi connectivity index (χ0v) is 5.81. The lowest BCUT2D eigenvalue weighted by molar-refractivity contribution is -0.167. The van der Waals surface area contributed by atoms with Crippen LogP contribution in [0.4, 0.5) is 8.78 Å². The van der Waals surface area contributed by atoms with Crippen molar-refractivity contribution in [2.45, 2.75) is 5.92 Å². The molecule has 1 rings (SSSR count). The van der Waals surface area contributed by atoms with Crippen LogP contribution in [0.2, 0.25) is 0 Å². The van der Waals surface area contributed by atoms with Gasteiger partial charge in [-0.05, 0) is 11.5 Å². The molecular formula is C4H2F2N2O2S. The molecule has 0 aliphatic rings. The molecule has 1 aromatic rings. The summed E-state index contributed by atoms with van der Waals surface area (Å²) in [6.07, 6.45) is 0. The smallest absolute Gasteiger partial charge is 0.401 e. The Morgan fingerprint density at radius 2 is 2.36 bits per heavy atom. The van der Waals surface area contributed by atoms with Crippen LogP contribution in [0.25, 0.3) is 0 Å². The maximum Gasteiger partial charge on any atom is 0.401 e. The van der Waals surface area contributed by atoms with E-state index in [-0.39, 0.29) is 0 Å². The van der Waals surface area contributed by atoms with Crippen LogP contribution in [0.3, 0.4) is 0 Å². The molecule has 60 valence electrons. The lowest BCUT2D eigenvalue weighted by Crippen LogP contribution is -2.26. The molecule has 0 radical (unpaired) electrons. The van der Waals surface area contributed by atoms with Gasteiger partial charge in [-0.2, -0.15) is 13.2 Å². The lowest BCUT2D eigenvalue weighted by Gasteiger charge is -2.04. The molecule has 4 nitrogen and oxygen atoms in total. The Balaban J connectivity index is 3.00. The molecule has 0 saturated heterocycles. The summed E-state index contributed by atoms with van der Waals surface area (Å²) in [7, 11) is 0. The number of aliphatic carboxylic acids is 1. The molecule has 0 aliphatic heterocycles. The van der Waals surface area contributed by atoms with Crippen molar-refractivity contribution in [2.24, 2.45) is 0 Å². The Kier molecular flexibility index (Phi) is 1.81. The van der Waals surface area contributed by atoms with Crippen LogP contribution >= 0.6 is 11.5 Å². The molecule has 0 spiro atoms. The van der Waals surface area contributed by atoms with Gasteiger partial charge >= 0.3 is 11.9 Å². The molecule has 0 fully saturated rings. The van der Waals surface area contributed by atoms with Crippen molar-refractivity contribution in [3.63, 3.8) is 0 Å². The molecule has 1 N–H and O–H groups in total. The molecule has 0 atom stereocenters. The van der Waals surface area contributed by atoms with Gasteiger partial charge in [0.2, 0.25) is 5.82 Å². The van der Waals surface area contributed by atoms with E-state index in [4.69, 9.17) is 5.11 Å². The van der Waals surface area contributed by atoms with Gasteiger partial charge in [0.05, 0.1) is 0 Å². The van der Waals surface area contributed by atoms with Gasteiger partial charge in [-0.1, -0.05) is 0 Å². The average molecular weight is 180 g/mol. The number of carboxylic acid groups (broad SMARTS) is 1. The van der Waals surface area contributed by atoms with Crippen LogP contribution in [-0.4, -0.2) is 20.4 Å². The number of hydrogen-bond donors (Lipinski definition) is 1. The minimum atomic E-state index is -3.97. The number of rotatable bonds is 2. The molecule has 0 unspecified atom stereocenters. The van der Waals surface area contributed by atoms with Gasteiger partial charge in [0.15, 0.2) is 0 Å². The van der Waals surface area contributed by atoms with Crippen molar-refractivity contribution in [1.82, 2.24) is 9.36 Å². The zero-order valence-electron chi connectivity index (χ0n) is 4.99. The predicted octanol–water partition coefficient (Wildman–Crippen LogP) is 0.715. The summed E-state index contributed by atoms with van der Waals surface area (Å²) in [6, 6.07) is 0.